The normalized spacial score (nSPS) is 11.7. The number of sulfonamides is 1. The summed E-state index contributed by atoms with van der Waals surface area (Å²) < 4.78 is 26.8. The summed E-state index contributed by atoms with van der Waals surface area (Å²) in [5.41, 5.74) is 0.894. The van der Waals surface area contributed by atoms with E-state index in [1.54, 1.807) is 6.07 Å². The van der Waals surface area contributed by atoms with Crippen molar-refractivity contribution in [2.24, 2.45) is 0 Å². The molecule has 3 nitrogen and oxygen atoms in total. The molecule has 0 fully saturated rings. The van der Waals surface area contributed by atoms with Gasteiger partial charge in [-0.1, -0.05) is 18.2 Å². The third-order valence-electron chi connectivity index (χ3n) is 1.55. The molecule has 0 aliphatic heterocycles. The monoisotopic (exact) mass is 329 g/mol. The summed E-state index contributed by atoms with van der Waals surface area (Å²) in [6.45, 7) is 5.28. The fourth-order valence-electron chi connectivity index (χ4n) is 0.809. The quantitative estimate of drug-likeness (QED) is 0.922. The summed E-state index contributed by atoms with van der Waals surface area (Å²) >= 11 is 9.92. The van der Waals surface area contributed by atoms with Crippen LogP contribution in [0.1, 0.15) is 5.56 Å². The maximum Gasteiger partial charge on any atom is 0.250 e. The van der Waals surface area contributed by atoms with Gasteiger partial charge in [-0.3, -0.25) is 0 Å². The third-order valence-corrected chi connectivity index (χ3v) is 5.70. The molecule has 0 aliphatic carbocycles. The molecule has 1 rings (SSSR count). The van der Waals surface area contributed by atoms with E-state index in [0.717, 1.165) is 9.35 Å². The Bertz CT molecular complexity index is 461. The van der Waals surface area contributed by atoms with Gasteiger partial charge in [0.2, 0.25) is 10.0 Å². The van der Waals surface area contributed by atoms with Crippen molar-refractivity contribution in [3.05, 3.63) is 27.0 Å². The first-order valence-corrected chi connectivity index (χ1v) is 7.39. The summed E-state index contributed by atoms with van der Waals surface area (Å²) in [6.07, 6.45) is 0. The minimum Gasteiger partial charge on any atom is -0.206 e. The second-order valence-corrected chi connectivity index (χ2v) is 7.76. The van der Waals surface area contributed by atoms with Gasteiger partial charge in [-0.25, -0.2) is 13.1 Å². The maximum absolute atomic E-state index is 11.7. The average molecular weight is 331 g/mol. The van der Waals surface area contributed by atoms with Crippen LogP contribution in [0.2, 0.25) is 0 Å². The van der Waals surface area contributed by atoms with Crippen LogP contribution in [0.15, 0.2) is 25.7 Å². The number of thiophene rings is 1. The first-order valence-electron chi connectivity index (χ1n) is 3.92. The number of hydrogen-bond donors (Lipinski definition) is 1. The summed E-state index contributed by atoms with van der Waals surface area (Å²) in [4.78, 5) is 0. The summed E-state index contributed by atoms with van der Waals surface area (Å²) in [6, 6.07) is 1.61. The second kappa shape index (κ2) is 4.97. The highest BCUT2D eigenvalue weighted by molar-refractivity contribution is 9.11. The lowest BCUT2D eigenvalue weighted by Gasteiger charge is -2.02. The van der Waals surface area contributed by atoms with Gasteiger partial charge in [0.25, 0.3) is 0 Å². The molecule has 0 atom stereocenters. The number of aryl methyl sites for hydroxylation is 1. The minimum atomic E-state index is -3.46. The minimum absolute atomic E-state index is 0.0401. The van der Waals surface area contributed by atoms with Gasteiger partial charge in [0.05, 0.1) is 3.79 Å². The zero-order valence-corrected chi connectivity index (χ0v) is 11.9. The highest BCUT2D eigenvalue weighted by atomic mass is 79.9. The van der Waals surface area contributed by atoms with Crippen molar-refractivity contribution in [1.29, 1.82) is 0 Å². The van der Waals surface area contributed by atoms with E-state index in [-0.39, 0.29) is 15.8 Å². The van der Waals surface area contributed by atoms with Crippen LogP contribution in [0, 0.1) is 6.92 Å². The van der Waals surface area contributed by atoms with E-state index in [1.165, 1.54) is 11.3 Å². The molecule has 7 heteroatoms. The molecule has 0 aliphatic rings. The maximum atomic E-state index is 11.7. The van der Waals surface area contributed by atoms with Crippen LogP contribution < -0.4 is 4.72 Å². The van der Waals surface area contributed by atoms with Crippen LogP contribution in [0.25, 0.3) is 0 Å². The van der Waals surface area contributed by atoms with E-state index in [2.05, 4.69) is 27.2 Å². The predicted octanol–water partition coefficient (Wildman–Crippen LogP) is 2.85. The van der Waals surface area contributed by atoms with Crippen LogP contribution in [-0.4, -0.2) is 15.0 Å². The molecule has 0 bridgehead atoms. The molecular weight excluding hydrogens is 322 g/mol. The number of halogens is 2. The van der Waals surface area contributed by atoms with E-state index < -0.39 is 10.0 Å². The van der Waals surface area contributed by atoms with Crippen molar-refractivity contribution in [2.75, 3.05) is 6.54 Å². The van der Waals surface area contributed by atoms with E-state index >= 15 is 0 Å². The molecule has 0 unspecified atom stereocenters. The molecule has 0 saturated heterocycles. The second-order valence-electron chi connectivity index (χ2n) is 2.86. The highest BCUT2D eigenvalue weighted by Crippen LogP contribution is 2.30. The Kier molecular flexibility index (Phi) is 4.37. The first-order chi connectivity index (χ1) is 6.83. The number of hydrogen-bond acceptors (Lipinski definition) is 3. The largest absolute Gasteiger partial charge is 0.250 e. The van der Waals surface area contributed by atoms with Crippen LogP contribution in [0.4, 0.5) is 0 Å². The molecule has 0 radical (unpaired) electrons. The van der Waals surface area contributed by atoms with Gasteiger partial charge in [0, 0.05) is 11.6 Å². The van der Waals surface area contributed by atoms with Crippen LogP contribution in [0.3, 0.4) is 0 Å². The van der Waals surface area contributed by atoms with Crippen LogP contribution >= 0.6 is 38.9 Å². The van der Waals surface area contributed by atoms with Crippen molar-refractivity contribution >= 4 is 48.9 Å². The molecule has 84 valence electrons. The third kappa shape index (κ3) is 3.57. The lowest BCUT2D eigenvalue weighted by Crippen LogP contribution is -2.23. The van der Waals surface area contributed by atoms with E-state index in [4.69, 9.17) is 11.6 Å². The topological polar surface area (TPSA) is 46.2 Å². The molecule has 1 N–H and O–H groups in total. The number of rotatable bonds is 4. The molecule has 0 saturated carbocycles. The van der Waals surface area contributed by atoms with Gasteiger partial charge in [-0.15, -0.1) is 11.3 Å². The van der Waals surface area contributed by atoms with E-state index in [1.807, 2.05) is 6.92 Å². The fourth-order valence-corrected chi connectivity index (χ4v) is 4.25. The Morgan fingerprint density at radius 2 is 2.33 bits per heavy atom. The van der Waals surface area contributed by atoms with Gasteiger partial charge in [0.15, 0.2) is 0 Å². The smallest absolute Gasteiger partial charge is 0.206 e. The highest BCUT2D eigenvalue weighted by Gasteiger charge is 2.17. The lowest BCUT2D eigenvalue weighted by molar-refractivity contribution is 0.587. The molecule has 1 heterocycles. The van der Waals surface area contributed by atoms with Gasteiger partial charge in [0.1, 0.15) is 4.21 Å². The van der Waals surface area contributed by atoms with Gasteiger partial charge < -0.3 is 0 Å². The van der Waals surface area contributed by atoms with E-state index in [0.29, 0.717) is 0 Å². The average Bonchev–Trinajstić information content (AvgIpc) is 2.45. The Labute approximate surface area is 106 Å². The Balaban J connectivity index is 2.91. The molecular formula is C8H9BrClNO2S2. The fraction of sp³-hybridized carbons (Fsp3) is 0.250. The first kappa shape index (κ1) is 13.2. The molecule has 1 aromatic heterocycles. The van der Waals surface area contributed by atoms with Crippen molar-refractivity contribution in [3.63, 3.8) is 0 Å². The van der Waals surface area contributed by atoms with Crippen molar-refractivity contribution in [1.82, 2.24) is 4.72 Å². The van der Waals surface area contributed by atoms with Gasteiger partial charge >= 0.3 is 0 Å². The lowest BCUT2D eigenvalue weighted by atomic mass is 10.4. The Morgan fingerprint density at radius 3 is 2.73 bits per heavy atom. The molecule has 0 aromatic carbocycles. The summed E-state index contributed by atoms with van der Waals surface area (Å²) in [7, 11) is -3.46. The number of nitrogens with one attached hydrogen (secondary N) is 1. The van der Waals surface area contributed by atoms with Crippen molar-refractivity contribution in [2.45, 2.75) is 11.1 Å². The zero-order valence-electron chi connectivity index (χ0n) is 7.88. The molecule has 15 heavy (non-hydrogen) atoms. The van der Waals surface area contributed by atoms with Crippen molar-refractivity contribution in [3.8, 4) is 0 Å². The standard InChI is InChI=1S/C8H9BrClNO2S2/c1-5-3-7(14-8(5)9)15(12,13)11-4-6(2)10/h3,11H,2,4H2,1H3. The molecule has 0 amide bonds. The van der Waals surface area contributed by atoms with Gasteiger partial charge in [-0.05, 0) is 34.5 Å². The van der Waals surface area contributed by atoms with Crippen molar-refractivity contribution < 1.29 is 8.42 Å². The molecule has 1 aromatic rings. The van der Waals surface area contributed by atoms with Crippen LogP contribution in [0.5, 0.6) is 0 Å². The van der Waals surface area contributed by atoms with Gasteiger partial charge in [-0.2, -0.15) is 0 Å². The Morgan fingerprint density at radius 1 is 1.73 bits per heavy atom. The summed E-state index contributed by atoms with van der Waals surface area (Å²) in [5.74, 6) is 0. The molecule has 0 spiro atoms. The SMILES string of the molecule is C=C(Cl)CNS(=O)(=O)c1cc(C)c(Br)s1. The predicted molar refractivity (Wildman–Crippen MR) is 66.9 cm³/mol. The van der Waals surface area contributed by atoms with Crippen LogP contribution in [-0.2, 0) is 10.0 Å². The summed E-state index contributed by atoms with van der Waals surface area (Å²) in [5, 5.41) is 0.255. The van der Waals surface area contributed by atoms with E-state index in [9.17, 15) is 8.42 Å². The Hall–Kier alpha value is 0.120. The zero-order chi connectivity index (χ0) is 11.6.